The summed E-state index contributed by atoms with van der Waals surface area (Å²) in [6.45, 7) is 4.09. The summed E-state index contributed by atoms with van der Waals surface area (Å²) in [5.41, 5.74) is 1.89. The molecule has 0 N–H and O–H groups in total. The van der Waals surface area contributed by atoms with Gasteiger partial charge in [0.05, 0.1) is 0 Å². The number of hydrogen-bond donors (Lipinski definition) is 0. The quantitative estimate of drug-likeness (QED) is 0.776. The van der Waals surface area contributed by atoms with E-state index < -0.39 is 0 Å². The molecule has 5 heteroatoms. The second-order valence-electron chi connectivity index (χ2n) is 4.75. The van der Waals surface area contributed by atoms with E-state index in [1.165, 1.54) is 6.08 Å². The van der Waals surface area contributed by atoms with E-state index in [1.807, 2.05) is 26.0 Å². The number of ether oxygens (including phenoxy) is 1. The van der Waals surface area contributed by atoms with E-state index in [-0.39, 0.29) is 12.2 Å². The maximum absolute atomic E-state index is 8.70. The van der Waals surface area contributed by atoms with Crippen LogP contribution in [-0.2, 0) is 6.61 Å². The molecule has 0 saturated heterocycles. The van der Waals surface area contributed by atoms with E-state index in [2.05, 4.69) is 0 Å². The summed E-state index contributed by atoms with van der Waals surface area (Å²) in [4.78, 5) is 0. The summed E-state index contributed by atoms with van der Waals surface area (Å²) >= 11 is 6.11. The summed E-state index contributed by atoms with van der Waals surface area (Å²) in [6, 6.07) is 10.7. The number of benzene rings is 1. The van der Waals surface area contributed by atoms with Gasteiger partial charge in [-0.1, -0.05) is 11.6 Å². The predicted molar refractivity (Wildman–Crippen MR) is 83.2 cm³/mol. The Hall–Kier alpha value is -2.69. The van der Waals surface area contributed by atoms with Crippen LogP contribution in [0, 0.1) is 36.5 Å². The smallest absolute Gasteiger partial charge is 0.146 e. The van der Waals surface area contributed by atoms with Crippen LogP contribution in [-0.4, -0.2) is 0 Å². The molecule has 0 saturated carbocycles. The molecule has 0 amide bonds. The molecule has 0 unspecified atom stereocenters. The van der Waals surface area contributed by atoms with Crippen LogP contribution in [0.5, 0.6) is 5.75 Å². The molecule has 0 aliphatic rings. The molecule has 2 aromatic rings. The highest BCUT2D eigenvalue weighted by atomic mass is 35.5. The second kappa shape index (κ2) is 6.85. The average Bonchev–Trinajstić information content (AvgIpc) is 2.95. The largest absolute Gasteiger partial charge is 0.486 e. The van der Waals surface area contributed by atoms with Crippen molar-refractivity contribution in [1.29, 1.82) is 10.5 Å². The highest BCUT2D eigenvalue weighted by Gasteiger charge is 2.06. The topological polar surface area (TPSA) is 69.9 Å². The number of halogens is 1. The zero-order chi connectivity index (χ0) is 16.1. The van der Waals surface area contributed by atoms with Gasteiger partial charge in [-0.25, -0.2) is 0 Å². The molecule has 0 fully saturated rings. The van der Waals surface area contributed by atoms with Crippen molar-refractivity contribution in [2.45, 2.75) is 20.5 Å². The molecule has 1 heterocycles. The normalized spacial score (nSPS) is 9.68. The van der Waals surface area contributed by atoms with Crippen LogP contribution in [0.2, 0.25) is 5.02 Å². The van der Waals surface area contributed by atoms with Crippen molar-refractivity contribution in [2.75, 3.05) is 0 Å². The number of aryl methyl sites for hydroxylation is 2. The highest BCUT2D eigenvalue weighted by molar-refractivity contribution is 6.32. The number of nitrogens with zero attached hydrogens (tertiary/aromatic N) is 2. The van der Waals surface area contributed by atoms with Gasteiger partial charge in [0, 0.05) is 11.1 Å². The third-order valence-electron chi connectivity index (χ3n) is 3.00. The summed E-state index contributed by atoms with van der Waals surface area (Å²) in [5, 5.41) is 18.1. The number of allylic oxidation sites excluding steroid dienone is 1. The van der Waals surface area contributed by atoms with Crippen LogP contribution < -0.4 is 4.74 Å². The maximum atomic E-state index is 8.70. The van der Waals surface area contributed by atoms with E-state index >= 15 is 0 Å². The molecule has 4 nitrogen and oxygen atoms in total. The van der Waals surface area contributed by atoms with Crippen LogP contribution in [0.15, 0.2) is 34.3 Å². The Morgan fingerprint density at radius 2 is 1.86 bits per heavy atom. The predicted octanol–water partition coefficient (Wildman–Crippen LogP) is 4.56. The lowest BCUT2D eigenvalue weighted by Crippen LogP contribution is -1.95. The van der Waals surface area contributed by atoms with Gasteiger partial charge in [0.1, 0.15) is 41.6 Å². The minimum atomic E-state index is -0.00855. The van der Waals surface area contributed by atoms with Gasteiger partial charge < -0.3 is 9.15 Å². The van der Waals surface area contributed by atoms with Gasteiger partial charge in [-0.2, -0.15) is 10.5 Å². The van der Waals surface area contributed by atoms with Gasteiger partial charge in [0.2, 0.25) is 0 Å². The molecule has 1 aromatic carbocycles. The Morgan fingerprint density at radius 1 is 1.23 bits per heavy atom. The molecule has 1 aromatic heterocycles. The molecule has 0 radical (unpaired) electrons. The van der Waals surface area contributed by atoms with E-state index in [1.54, 1.807) is 24.3 Å². The first-order valence-electron chi connectivity index (χ1n) is 6.53. The van der Waals surface area contributed by atoms with Gasteiger partial charge >= 0.3 is 0 Å². The molecule has 2 rings (SSSR count). The number of hydrogen-bond acceptors (Lipinski definition) is 4. The molecule has 0 spiro atoms. The molecule has 0 aliphatic carbocycles. The van der Waals surface area contributed by atoms with Crippen LogP contribution in [0.3, 0.4) is 0 Å². The van der Waals surface area contributed by atoms with Gasteiger partial charge in [-0.05, 0) is 49.2 Å². The standard InChI is InChI=1S/C17H13ClN2O2/c1-11-5-16(6-12(2)17(11)18)21-10-15-4-3-14(22-15)7-13(8-19)9-20/h3-7H,10H2,1-2H3. The van der Waals surface area contributed by atoms with Gasteiger partial charge in [-0.3, -0.25) is 0 Å². The molecular formula is C17H13ClN2O2. The van der Waals surface area contributed by atoms with Crippen molar-refractivity contribution in [2.24, 2.45) is 0 Å². The molecule has 0 bridgehead atoms. The molecule has 0 atom stereocenters. The van der Waals surface area contributed by atoms with Gasteiger partial charge in [0.25, 0.3) is 0 Å². The first kappa shape index (κ1) is 15.7. The van der Waals surface area contributed by atoms with Crippen molar-refractivity contribution in [3.8, 4) is 17.9 Å². The molecular weight excluding hydrogens is 300 g/mol. The lowest BCUT2D eigenvalue weighted by molar-refractivity contribution is 0.269. The maximum Gasteiger partial charge on any atom is 0.146 e. The molecule has 22 heavy (non-hydrogen) atoms. The Morgan fingerprint density at radius 3 is 2.45 bits per heavy atom. The van der Waals surface area contributed by atoms with Gasteiger partial charge in [-0.15, -0.1) is 0 Å². The number of nitriles is 2. The van der Waals surface area contributed by atoms with Crippen LogP contribution in [0.25, 0.3) is 6.08 Å². The highest BCUT2D eigenvalue weighted by Crippen LogP contribution is 2.26. The van der Waals surface area contributed by atoms with E-state index in [4.69, 9.17) is 31.3 Å². The van der Waals surface area contributed by atoms with E-state index in [0.717, 1.165) is 16.1 Å². The Kier molecular flexibility index (Phi) is 4.88. The minimum absolute atomic E-state index is 0.00855. The fourth-order valence-corrected chi connectivity index (χ4v) is 2.03. The van der Waals surface area contributed by atoms with Crippen molar-refractivity contribution in [3.63, 3.8) is 0 Å². The zero-order valence-electron chi connectivity index (χ0n) is 12.2. The Bertz CT molecular complexity index is 768. The number of furan rings is 1. The third kappa shape index (κ3) is 3.69. The first-order valence-corrected chi connectivity index (χ1v) is 6.91. The van der Waals surface area contributed by atoms with Crippen LogP contribution in [0.1, 0.15) is 22.6 Å². The average molecular weight is 313 g/mol. The SMILES string of the molecule is Cc1cc(OCc2ccc(C=C(C#N)C#N)o2)cc(C)c1Cl. The minimum Gasteiger partial charge on any atom is -0.486 e. The first-order chi connectivity index (χ1) is 10.5. The van der Waals surface area contributed by atoms with Crippen molar-refractivity contribution in [3.05, 3.63) is 57.5 Å². The second-order valence-corrected chi connectivity index (χ2v) is 5.12. The van der Waals surface area contributed by atoms with Gasteiger partial charge in [0.15, 0.2) is 0 Å². The van der Waals surface area contributed by atoms with Crippen molar-refractivity contribution >= 4 is 17.7 Å². The van der Waals surface area contributed by atoms with E-state index in [9.17, 15) is 0 Å². The summed E-state index contributed by atoms with van der Waals surface area (Å²) in [5.74, 6) is 1.76. The molecule has 110 valence electrons. The third-order valence-corrected chi connectivity index (χ3v) is 3.60. The lowest BCUT2D eigenvalue weighted by Gasteiger charge is -2.08. The monoisotopic (exact) mass is 312 g/mol. The van der Waals surface area contributed by atoms with Crippen LogP contribution in [0.4, 0.5) is 0 Å². The summed E-state index contributed by atoms with van der Waals surface area (Å²) in [7, 11) is 0. The van der Waals surface area contributed by atoms with Crippen molar-refractivity contribution in [1.82, 2.24) is 0 Å². The zero-order valence-corrected chi connectivity index (χ0v) is 12.9. The summed E-state index contributed by atoms with van der Waals surface area (Å²) < 4.78 is 11.2. The van der Waals surface area contributed by atoms with Crippen molar-refractivity contribution < 1.29 is 9.15 Å². The molecule has 0 aliphatic heterocycles. The fraction of sp³-hybridized carbons (Fsp3) is 0.176. The lowest BCUT2D eigenvalue weighted by atomic mass is 10.1. The summed E-state index contributed by atoms with van der Waals surface area (Å²) in [6.07, 6.45) is 1.39. The van der Waals surface area contributed by atoms with Crippen LogP contribution >= 0.6 is 11.6 Å². The number of rotatable bonds is 4. The fourth-order valence-electron chi connectivity index (χ4n) is 1.93. The van der Waals surface area contributed by atoms with E-state index in [0.29, 0.717) is 17.3 Å². The Balaban J connectivity index is 2.08. The Labute approximate surface area is 133 Å².